The van der Waals surface area contributed by atoms with E-state index in [0.29, 0.717) is 32.4 Å². The van der Waals surface area contributed by atoms with Gasteiger partial charge in [0.05, 0.1) is 12.2 Å². The van der Waals surface area contributed by atoms with Crippen molar-refractivity contribution in [3.8, 4) is 0 Å². The van der Waals surface area contributed by atoms with Crippen molar-refractivity contribution in [3.05, 3.63) is 35.9 Å². The Kier molecular flexibility index (Phi) is 9.57. The SMILES string of the molecule is CCC(O)CN(CCCCC1NC(=O)C(Cc2ccccc2)NC1=O)CC(C)O. The standard InChI is InChI=1S/C22H35N3O4/c1-3-18(27)15-25(14-16(2)26)12-8-7-11-19-21(28)24-20(22(29)23-19)13-17-9-5-4-6-10-17/h4-6,9-10,16,18-20,26-27H,3,7-8,11-15H2,1-2H3,(H,23,29)(H,24,28). The Bertz CT molecular complexity index is 638. The first-order valence-electron chi connectivity index (χ1n) is 10.6. The Balaban J connectivity index is 1.75. The van der Waals surface area contributed by atoms with Crippen LogP contribution in [0.2, 0.25) is 0 Å². The number of aliphatic hydroxyl groups is 2. The molecule has 2 rings (SSSR count). The molecular weight excluding hydrogens is 370 g/mol. The third kappa shape index (κ3) is 8.12. The predicted octanol–water partition coefficient (Wildman–Crippen LogP) is 0.836. The number of benzene rings is 1. The number of carbonyl (C=O) groups excluding carboxylic acids is 2. The molecule has 0 bridgehead atoms. The fraction of sp³-hybridized carbons (Fsp3) is 0.636. The summed E-state index contributed by atoms with van der Waals surface area (Å²) in [6, 6.07) is 8.62. The summed E-state index contributed by atoms with van der Waals surface area (Å²) < 4.78 is 0. The second-order valence-corrected chi connectivity index (χ2v) is 7.98. The van der Waals surface area contributed by atoms with Crippen LogP contribution < -0.4 is 10.6 Å². The smallest absolute Gasteiger partial charge is 0.243 e. The normalized spacial score (nSPS) is 21.6. The molecule has 7 heteroatoms. The Morgan fingerprint density at radius 1 is 1.00 bits per heavy atom. The van der Waals surface area contributed by atoms with E-state index in [9.17, 15) is 19.8 Å². The molecular formula is C22H35N3O4. The molecule has 4 atom stereocenters. The minimum absolute atomic E-state index is 0.132. The topological polar surface area (TPSA) is 102 Å². The number of nitrogens with one attached hydrogen (secondary N) is 2. The van der Waals surface area contributed by atoms with E-state index in [1.807, 2.05) is 42.2 Å². The maximum Gasteiger partial charge on any atom is 0.243 e. The number of amides is 2. The van der Waals surface area contributed by atoms with Crippen LogP contribution in [0.1, 0.15) is 45.1 Å². The maximum atomic E-state index is 12.4. The maximum absolute atomic E-state index is 12.4. The molecule has 1 saturated heterocycles. The Hall–Kier alpha value is -1.96. The minimum Gasteiger partial charge on any atom is -0.392 e. The van der Waals surface area contributed by atoms with E-state index in [0.717, 1.165) is 24.9 Å². The van der Waals surface area contributed by atoms with Crippen molar-refractivity contribution < 1.29 is 19.8 Å². The second kappa shape index (κ2) is 11.9. The number of carbonyl (C=O) groups is 2. The summed E-state index contributed by atoms with van der Waals surface area (Å²) in [6.45, 7) is 5.45. The van der Waals surface area contributed by atoms with Crippen LogP contribution in [0.15, 0.2) is 30.3 Å². The molecule has 0 aliphatic carbocycles. The molecule has 29 heavy (non-hydrogen) atoms. The van der Waals surface area contributed by atoms with E-state index in [1.54, 1.807) is 6.92 Å². The molecule has 1 aromatic carbocycles. The minimum atomic E-state index is -0.529. The van der Waals surface area contributed by atoms with Gasteiger partial charge in [0, 0.05) is 19.5 Å². The third-order valence-electron chi connectivity index (χ3n) is 5.23. The number of nitrogens with zero attached hydrogens (tertiary/aromatic N) is 1. The highest BCUT2D eigenvalue weighted by atomic mass is 16.3. The van der Waals surface area contributed by atoms with Crippen LogP contribution in [0, 0.1) is 0 Å². The van der Waals surface area contributed by atoms with Crippen molar-refractivity contribution in [1.82, 2.24) is 15.5 Å². The molecule has 1 aliphatic rings. The average molecular weight is 406 g/mol. The first-order valence-corrected chi connectivity index (χ1v) is 10.6. The van der Waals surface area contributed by atoms with Crippen LogP contribution in [0.3, 0.4) is 0 Å². The number of hydrogen-bond acceptors (Lipinski definition) is 5. The zero-order valence-electron chi connectivity index (χ0n) is 17.5. The molecule has 1 aliphatic heterocycles. The molecule has 0 aromatic heterocycles. The molecule has 162 valence electrons. The lowest BCUT2D eigenvalue weighted by molar-refractivity contribution is -0.136. The Labute approximate surface area is 173 Å². The fourth-order valence-electron chi connectivity index (χ4n) is 3.61. The van der Waals surface area contributed by atoms with E-state index in [1.165, 1.54) is 0 Å². The number of unbranched alkanes of at least 4 members (excludes halogenated alkanes) is 1. The monoisotopic (exact) mass is 405 g/mol. The van der Waals surface area contributed by atoms with Crippen LogP contribution in [0.4, 0.5) is 0 Å². The largest absolute Gasteiger partial charge is 0.392 e. The second-order valence-electron chi connectivity index (χ2n) is 7.98. The molecule has 7 nitrogen and oxygen atoms in total. The molecule has 0 spiro atoms. The van der Waals surface area contributed by atoms with Crippen LogP contribution in [-0.2, 0) is 16.0 Å². The highest BCUT2D eigenvalue weighted by molar-refractivity contribution is 5.97. The van der Waals surface area contributed by atoms with Crippen molar-refractivity contribution in [2.24, 2.45) is 0 Å². The van der Waals surface area contributed by atoms with Crippen LogP contribution >= 0.6 is 0 Å². The number of piperazine rings is 1. The van der Waals surface area contributed by atoms with Crippen molar-refractivity contribution in [1.29, 1.82) is 0 Å². The van der Waals surface area contributed by atoms with Crippen LogP contribution in [0.5, 0.6) is 0 Å². The van der Waals surface area contributed by atoms with Gasteiger partial charge in [0.15, 0.2) is 0 Å². The summed E-state index contributed by atoms with van der Waals surface area (Å²) >= 11 is 0. The summed E-state index contributed by atoms with van der Waals surface area (Å²) in [7, 11) is 0. The number of hydrogen-bond donors (Lipinski definition) is 4. The van der Waals surface area contributed by atoms with Gasteiger partial charge in [-0.05, 0) is 44.7 Å². The van der Waals surface area contributed by atoms with Crippen molar-refractivity contribution >= 4 is 11.8 Å². The van der Waals surface area contributed by atoms with Gasteiger partial charge in [-0.1, -0.05) is 37.3 Å². The summed E-state index contributed by atoms with van der Waals surface area (Å²) in [4.78, 5) is 26.8. The van der Waals surface area contributed by atoms with Gasteiger partial charge in [0.2, 0.25) is 11.8 Å². The van der Waals surface area contributed by atoms with Gasteiger partial charge in [0.1, 0.15) is 12.1 Å². The lowest BCUT2D eigenvalue weighted by atomic mass is 10.00. The zero-order chi connectivity index (χ0) is 21.2. The lowest BCUT2D eigenvalue weighted by Crippen LogP contribution is -2.62. The van der Waals surface area contributed by atoms with E-state index < -0.39 is 24.3 Å². The van der Waals surface area contributed by atoms with E-state index >= 15 is 0 Å². The van der Waals surface area contributed by atoms with Gasteiger partial charge in [-0.15, -0.1) is 0 Å². The predicted molar refractivity (Wildman–Crippen MR) is 112 cm³/mol. The summed E-state index contributed by atoms with van der Waals surface area (Å²) in [5.41, 5.74) is 1.01. The van der Waals surface area contributed by atoms with Gasteiger partial charge in [0.25, 0.3) is 0 Å². The quantitative estimate of drug-likeness (QED) is 0.386. The lowest BCUT2D eigenvalue weighted by Gasteiger charge is -2.30. The summed E-state index contributed by atoms with van der Waals surface area (Å²) in [5.74, 6) is -0.270. The first kappa shape index (κ1) is 23.3. The van der Waals surface area contributed by atoms with Crippen molar-refractivity contribution in [2.75, 3.05) is 19.6 Å². The molecule has 0 radical (unpaired) electrons. The molecule has 4 unspecified atom stereocenters. The van der Waals surface area contributed by atoms with Gasteiger partial charge in [-0.3, -0.25) is 14.5 Å². The van der Waals surface area contributed by atoms with Gasteiger partial charge in [-0.25, -0.2) is 0 Å². The van der Waals surface area contributed by atoms with E-state index in [-0.39, 0.29) is 11.8 Å². The van der Waals surface area contributed by atoms with Crippen LogP contribution in [0.25, 0.3) is 0 Å². The Morgan fingerprint density at radius 2 is 1.66 bits per heavy atom. The average Bonchev–Trinajstić information content (AvgIpc) is 2.68. The molecule has 1 fully saturated rings. The molecule has 0 saturated carbocycles. The zero-order valence-corrected chi connectivity index (χ0v) is 17.5. The van der Waals surface area contributed by atoms with Gasteiger partial charge in [-0.2, -0.15) is 0 Å². The Morgan fingerprint density at radius 3 is 2.31 bits per heavy atom. The number of rotatable bonds is 12. The van der Waals surface area contributed by atoms with Crippen molar-refractivity contribution in [2.45, 2.75) is 70.2 Å². The third-order valence-corrected chi connectivity index (χ3v) is 5.23. The van der Waals surface area contributed by atoms with E-state index in [2.05, 4.69) is 10.6 Å². The highest BCUT2D eigenvalue weighted by Crippen LogP contribution is 2.11. The van der Waals surface area contributed by atoms with Gasteiger partial charge < -0.3 is 20.8 Å². The summed E-state index contributed by atoms with van der Waals surface area (Å²) in [5, 5.41) is 25.2. The molecule has 2 amide bonds. The molecule has 1 heterocycles. The molecule has 1 aromatic rings. The highest BCUT2D eigenvalue weighted by Gasteiger charge is 2.33. The first-order chi connectivity index (χ1) is 13.9. The van der Waals surface area contributed by atoms with Crippen molar-refractivity contribution in [3.63, 3.8) is 0 Å². The van der Waals surface area contributed by atoms with E-state index in [4.69, 9.17) is 0 Å². The number of aliphatic hydroxyl groups excluding tert-OH is 2. The van der Waals surface area contributed by atoms with Crippen LogP contribution in [-0.4, -0.2) is 70.9 Å². The summed E-state index contributed by atoms with van der Waals surface area (Å²) in [6.07, 6.45) is 2.49. The van der Waals surface area contributed by atoms with Gasteiger partial charge >= 0.3 is 0 Å². The molecule has 4 N–H and O–H groups in total. The fourth-order valence-corrected chi connectivity index (χ4v) is 3.61.